The quantitative estimate of drug-likeness (QED) is 0.589. The van der Waals surface area contributed by atoms with Gasteiger partial charge in [0.05, 0.1) is 19.8 Å². The van der Waals surface area contributed by atoms with Crippen LogP contribution in [-0.2, 0) is 20.7 Å². The Hall–Kier alpha value is -2.33. The number of carbonyl (C=O) groups excluding carboxylic acids is 1. The summed E-state index contributed by atoms with van der Waals surface area (Å²) in [6, 6.07) is 8.74. The number of esters is 1. The average Bonchev–Trinajstić information content (AvgIpc) is 3.66. The molecule has 1 aliphatic heterocycles. The van der Waals surface area contributed by atoms with E-state index in [-0.39, 0.29) is 12.1 Å². The van der Waals surface area contributed by atoms with E-state index >= 15 is 0 Å². The molecule has 0 bridgehead atoms. The summed E-state index contributed by atoms with van der Waals surface area (Å²) < 4.78 is 17.3. The Labute approximate surface area is 178 Å². The van der Waals surface area contributed by atoms with Gasteiger partial charge in [-0.3, -0.25) is 0 Å². The lowest BCUT2D eigenvalue weighted by Gasteiger charge is -2.26. The number of aryl methyl sites for hydroxylation is 3. The smallest absolute Gasteiger partial charge is 0.339 e. The summed E-state index contributed by atoms with van der Waals surface area (Å²) in [4.78, 5) is 12.9. The molecule has 3 aliphatic rings. The predicted octanol–water partition coefficient (Wildman–Crippen LogP) is 5.57. The van der Waals surface area contributed by atoms with Crippen molar-refractivity contribution in [2.45, 2.75) is 70.5 Å². The monoisotopic (exact) mass is 406 g/mol. The third-order valence-electron chi connectivity index (χ3n) is 6.53. The van der Waals surface area contributed by atoms with Crippen LogP contribution in [0.2, 0.25) is 0 Å². The molecule has 0 aromatic heterocycles. The highest BCUT2D eigenvalue weighted by molar-refractivity contribution is 5.85. The van der Waals surface area contributed by atoms with E-state index in [0.717, 1.165) is 54.7 Å². The lowest BCUT2D eigenvalue weighted by atomic mass is 9.83. The van der Waals surface area contributed by atoms with Crippen molar-refractivity contribution in [2.24, 2.45) is 0 Å². The van der Waals surface area contributed by atoms with Gasteiger partial charge >= 0.3 is 5.97 Å². The van der Waals surface area contributed by atoms with Crippen LogP contribution in [0, 0.1) is 13.8 Å². The Bertz CT molecular complexity index is 985. The predicted molar refractivity (Wildman–Crippen MR) is 116 cm³/mol. The Morgan fingerprint density at radius 3 is 2.60 bits per heavy atom. The van der Waals surface area contributed by atoms with E-state index in [9.17, 15) is 4.79 Å². The van der Waals surface area contributed by atoms with E-state index in [1.807, 2.05) is 0 Å². The van der Waals surface area contributed by atoms with Crippen molar-refractivity contribution in [3.05, 3.63) is 52.1 Å². The van der Waals surface area contributed by atoms with Gasteiger partial charge in [0, 0.05) is 5.56 Å². The maximum atomic E-state index is 12.9. The summed E-state index contributed by atoms with van der Waals surface area (Å²) in [6.45, 7) is 5.08. The van der Waals surface area contributed by atoms with E-state index in [0.29, 0.717) is 5.92 Å². The van der Waals surface area contributed by atoms with E-state index in [1.54, 1.807) is 0 Å². The molecule has 158 valence electrons. The molecule has 2 aliphatic carbocycles. The topological polar surface area (TPSA) is 44.8 Å². The largest absolute Gasteiger partial charge is 0.493 e. The van der Waals surface area contributed by atoms with Crippen LogP contribution in [0.4, 0.5) is 0 Å². The summed E-state index contributed by atoms with van der Waals surface area (Å²) >= 11 is 0. The second-order valence-corrected chi connectivity index (χ2v) is 9.00. The molecule has 1 atom stereocenters. The molecule has 2 fully saturated rings. The lowest BCUT2D eigenvalue weighted by molar-refractivity contribution is -0.155. The second-order valence-electron chi connectivity index (χ2n) is 9.00. The van der Waals surface area contributed by atoms with E-state index in [4.69, 9.17) is 14.2 Å². The molecule has 0 N–H and O–H groups in total. The average molecular weight is 407 g/mol. The van der Waals surface area contributed by atoms with Gasteiger partial charge in [-0.25, -0.2) is 4.79 Å². The van der Waals surface area contributed by atoms with Crippen molar-refractivity contribution < 1.29 is 19.0 Å². The number of carbonyl (C=O) groups is 1. The minimum atomic E-state index is -0.678. The lowest BCUT2D eigenvalue weighted by Crippen LogP contribution is -2.21. The van der Waals surface area contributed by atoms with Crippen LogP contribution >= 0.6 is 0 Å². The molecule has 1 unspecified atom stereocenters. The maximum Gasteiger partial charge on any atom is 0.339 e. The highest BCUT2D eigenvalue weighted by atomic mass is 16.6. The van der Waals surface area contributed by atoms with Crippen molar-refractivity contribution >= 4 is 5.97 Å². The zero-order valence-corrected chi connectivity index (χ0v) is 18.1. The van der Waals surface area contributed by atoms with E-state index in [2.05, 4.69) is 38.1 Å². The summed E-state index contributed by atoms with van der Waals surface area (Å²) in [7, 11) is 1.45. The van der Waals surface area contributed by atoms with Gasteiger partial charge in [-0.2, -0.15) is 0 Å². The first kappa shape index (κ1) is 19.6. The fourth-order valence-electron chi connectivity index (χ4n) is 4.83. The zero-order valence-electron chi connectivity index (χ0n) is 18.1. The van der Waals surface area contributed by atoms with Crippen LogP contribution in [0.1, 0.15) is 71.9 Å². The summed E-state index contributed by atoms with van der Waals surface area (Å²) in [5, 5.41) is 0. The van der Waals surface area contributed by atoms with Crippen LogP contribution in [-0.4, -0.2) is 25.8 Å². The molecule has 0 spiro atoms. The minimum absolute atomic E-state index is 0.156. The number of fused-ring (bicyclic) bond motifs is 1. The van der Waals surface area contributed by atoms with Crippen LogP contribution in [0.5, 0.6) is 5.75 Å². The van der Waals surface area contributed by atoms with Crippen molar-refractivity contribution in [2.75, 3.05) is 13.7 Å². The molecule has 2 aromatic carbocycles. The Kier molecular flexibility index (Phi) is 5.06. The Morgan fingerprint density at radius 2 is 1.90 bits per heavy atom. The van der Waals surface area contributed by atoms with Crippen LogP contribution in [0.3, 0.4) is 0 Å². The molecule has 1 heterocycles. The third-order valence-corrected chi connectivity index (χ3v) is 6.53. The van der Waals surface area contributed by atoms with Crippen LogP contribution in [0.25, 0.3) is 11.1 Å². The first-order chi connectivity index (χ1) is 14.6. The van der Waals surface area contributed by atoms with Gasteiger partial charge in [0.25, 0.3) is 0 Å². The van der Waals surface area contributed by atoms with Gasteiger partial charge in [-0.15, -0.1) is 0 Å². The molecule has 4 nitrogen and oxygen atoms in total. The summed E-state index contributed by atoms with van der Waals surface area (Å²) in [5.74, 6) is 1.24. The molecule has 2 aromatic rings. The van der Waals surface area contributed by atoms with Gasteiger partial charge in [-0.1, -0.05) is 12.1 Å². The normalized spacial score (nSPS) is 19.0. The number of hydrogen-bond donors (Lipinski definition) is 0. The number of benzene rings is 2. The highest BCUT2D eigenvalue weighted by Crippen LogP contribution is 2.50. The van der Waals surface area contributed by atoms with Gasteiger partial charge in [0.1, 0.15) is 5.75 Å². The number of rotatable bonds is 6. The Morgan fingerprint density at radius 1 is 1.10 bits per heavy atom. The number of ether oxygens (including phenoxy) is 3. The standard InChI is InChI=1S/C26H30O4/c1-15-13-16(2)23(25(26(27)28-3)30-20-9-10-20)24(22(15)17-6-7-17)19-8-11-21-18(14-19)5-4-12-29-21/h8,11,13-14,17,20,25H,4-7,9-10,12H2,1-3H3. The minimum Gasteiger partial charge on any atom is -0.493 e. The van der Waals surface area contributed by atoms with Crippen molar-refractivity contribution in [1.29, 1.82) is 0 Å². The molecular formula is C26H30O4. The molecule has 0 amide bonds. The summed E-state index contributed by atoms with van der Waals surface area (Å²) in [6.07, 6.45) is 5.99. The second kappa shape index (κ2) is 7.73. The third kappa shape index (κ3) is 3.62. The molecule has 4 heteroatoms. The fraction of sp³-hybridized carbons (Fsp3) is 0.500. The highest BCUT2D eigenvalue weighted by Gasteiger charge is 2.37. The number of hydrogen-bond acceptors (Lipinski definition) is 4. The van der Waals surface area contributed by atoms with Crippen LogP contribution < -0.4 is 4.74 Å². The van der Waals surface area contributed by atoms with Crippen molar-refractivity contribution in [1.82, 2.24) is 0 Å². The maximum absolute atomic E-state index is 12.9. The molecule has 5 rings (SSSR count). The first-order valence-corrected chi connectivity index (χ1v) is 11.2. The first-order valence-electron chi connectivity index (χ1n) is 11.2. The molecular weight excluding hydrogens is 376 g/mol. The SMILES string of the molecule is COC(=O)C(OC1CC1)c1c(C)cc(C)c(C2CC2)c1-c1ccc2c(c1)CCCO2. The Balaban J connectivity index is 1.72. The molecule has 30 heavy (non-hydrogen) atoms. The van der Waals surface area contributed by atoms with E-state index < -0.39 is 6.10 Å². The fourth-order valence-corrected chi connectivity index (χ4v) is 4.83. The van der Waals surface area contributed by atoms with Gasteiger partial charge < -0.3 is 14.2 Å². The van der Waals surface area contributed by atoms with Crippen molar-refractivity contribution in [3.8, 4) is 16.9 Å². The number of methoxy groups -OCH3 is 1. The molecule has 0 radical (unpaired) electrons. The van der Waals surface area contributed by atoms with Gasteiger partial charge in [-0.05, 0) is 104 Å². The van der Waals surface area contributed by atoms with Crippen LogP contribution in [0.15, 0.2) is 24.3 Å². The van der Waals surface area contributed by atoms with E-state index in [1.165, 1.54) is 42.2 Å². The van der Waals surface area contributed by atoms with Gasteiger partial charge in [0.2, 0.25) is 0 Å². The molecule has 0 saturated heterocycles. The van der Waals surface area contributed by atoms with Crippen molar-refractivity contribution in [3.63, 3.8) is 0 Å². The van der Waals surface area contributed by atoms with Gasteiger partial charge in [0.15, 0.2) is 6.10 Å². The zero-order chi connectivity index (χ0) is 20.8. The summed E-state index contributed by atoms with van der Waals surface area (Å²) in [5.41, 5.74) is 8.35. The molecule has 2 saturated carbocycles.